The van der Waals surface area contributed by atoms with E-state index < -0.39 is 23.7 Å². The predicted molar refractivity (Wildman–Crippen MR) is 72.1 cm³/mol. The number of benzene rings is 1. The molecule has 7 nitrogen and oxygen atoms in total. The van der Waals surface area contributed by atoms with Crippen molar-refractivity contribution in [1.29, 1.82) is 0 Å². The first-order chi connectivity index (χ1) is 9.95. The van der Waals surface area contributed by atoms with Gasteiger partial charge in [0, 0.05) is 6.54 Å². The van der Waals surface area contributed by atoms with Crippen LogP contribution in [-0.4, -0.2) is 46.8 Å². The number of imide groups is 1. The van der Waals surface area contributed by atoms with E-state index in [4.69, 9.17) is 5.11 Å². The number of carboxylic acids is 1. The molecule has 1 aromatic carbocycles. The molecule has 1 aliphatic heterocycles. The molecule has 21 heavy (non-hydrogen) atoms. The maximum Gasteiger partial charge on any atom is 0.335 e. The van der Waals surface area contributed by atoms with Crippen LogP contribution in [0.4, 0.5) is 0 Å². The average Bonchev–Trinajstić information content (AvgIpc) is 2.69. The molecule has 0 aliphatic carbocycles. The van der Waals surface area contributed by atoms with Gasteiger partial charge >= 0.3 is 5.97 Å². The van der Waals surface area contributed by atoms with Crippen LogP contribution in [0.25, 0.3) is 0 Å². The van der Waals surface area contributed by atoms with Crippen molar-refractivity contribution in [2.75, 3.05) is 13.1 Å². The maximum atomic E-state index is 12.1. The molecule has 1 aliphatic rings. The Labute approximate surface area is 120 Å². The van der Waals surface area contributed by atoms with Gasteiger partial charge in [-0.3, -0.25) is 19.3 Å². The minimum Gasteiger partial charge on any atom is -0.478 e. The summed E-state index contributed by atoms with van der Waals surface area (Å²) in [6.45, 7) is 1.98. The third-order valence-electron chi connectivity index (χ3n) is 3.09. The second kappa shape index (κ2) is 5.74. The summed E-state index contributed by atoms with van der Waals surface area (Å²) in [5, 5.41) is 11.5. The molecule has 0 radical (unpaired) electrons. The zero-order valence-corrected chi connectivity index (χ0v) is 11.4. The maximum absolute atomic E-state index is 12.1. The van der Waals surface area contributed by atoms with Gasteiger partial charge < -0.3 is 10.4 Å². The van der Waals surface area contributed by atoms with Gasteiger partial charge in [-0.2, -0.15) is 0 Å². The van der Waals surface area contributed by atoms with Crippen molar-refractivity contribution in [3.05, 3.63) is 34.9 Å². The van der Waals surface area contributed by atoms with Gasteiger partial charge in [0.25, 0.3) is 11.8 Å². The van der Waals surface area contributed by atoms with Gasteiger partial charge in [0.2, 0.25) is 5.91 Å². The lowest BCUT2D eigenvalue weighted by Crippen LogP contribution is -2.40. The number of rotatable bonds is 5. The molecular formula is C14H14N2O5. The smallest absolute Gasteiger partial charge is 0.335 e. The van der Waals surface area contributed by atoms with Crippen molar-refractivity contribution in [2.45, 2.75) is 13.3 Å². The number of hydrogen-bond donors (Lipinski definition) is 2. The summed E-state index contributed by atoms with van der Waals surface area (Å²) in [7, 11) is 0. The van der Waals surface area contributed by atoms with E-state index in [-0.39, 0.29) is 23.2 Å². The van der Waals surface area contributed by atoms with E-state index in [2.05, 4.69) is 5.32 Å². The number of carboxylic acid groups (broad SMARTS) is 1. The third kappa shape index (κ3) is 2.76. The number of amides is 3. The molecule has 1 heterocycles. The fraction of sp³-hybridized carbons (Fsp3) is 0.286. The van der Waals surface area contributed by atoms with E-state index in [1.807, 2.05) is 6.92 Å². The fourth-order valence-electron chi connectivity index (χ4n) is 2.03. The lowest BCUT2D eigenvalue weighted by Gasteiger charge is -2.13. The van der Waals surface area contributed by atoms with E-state index in [1.165, 1.54) is 12.1 Å². The van der Waals surface area contributed by atoms with Gasteiger partial charge in [0.05, 0.1) is 16.7 Å². The highest BCUT2D eigenvalue weighted by Crippen LogP contribution is 2.23. The molecule has 3 amide bonds. The zero-order chi connectivity index (χ0) is 15.6. The lowest BCUT2D eigenvalue weighted by molar-refractivity contribution is -0.121. The molecule has 0 saturated heterocycles. The Hall–Kier alpha value is -2.70. The summed E-state index contributed by atoms with van der Waals surface area (Å²) in [6.07, 6.45) is 0.746. The van der Waals surface area contributed by atoms with Gasteiger partial charge in [-0.15, -0.1) is 0 Å². The second-order valence-corrected chi connectivity index (χ2v) is 4.61. The predicted octanol–water partition coefficient (Wildman–Crippen LogP) is 0.507. The second-order valence-electron chi connectivity index (χ2n) is 4.61. The summed E-state index contributed by atoms with van der Waals surface area (Å²) in [5.74, 6) is -2.84. The first kappa shape index (κ1) is 14.7. The molecule has 110 valence electrons. The average molecular weight is 290 g/mol. The van der Waals surface area contributed by atoms with Crippen LogP contribution in [0.3, 0.4) is 0 Å². The Balaban J connectivity index is 2.22. The van der Waals surface area contributed by atoms with Crippen molar-refractivity contribution >= 4 is 23.7 Å². The Bertz CT molecular complexity index is 638. The minimum absolute atomic E-state index is 0.0168. The Morgan fingerprint density at radius 2 is 1.86 bits per heavy atom. The van der Waals surface area contributed by atoms with Crippen LogP contribution < -0.4 is 5.32 Å². The van der Waals surface area contributed by atoms with Gasteiger partial charge in [-0.1, -0.05) is 6.92 Å². The molecule has 0 unspecified atom stereocenters. The number of aromatic carboxylic acids is 1. The van der Waals surface area contributed by atoms with Crippen LogP contribution in [-0.2, 0) is 4.79 Å². The van der Waals surface area contributed by atoms with Gasteiger partial charge in [0.15, 0.2) is 0 Å². The van der Waals surface area contributed by atoms with E-state index in [0.717, 1.165) is 17.4 Å². The highest BCUT2D eigenvalue weighted by molar-refractivity contribution is 6.22. The SMILES string of the molecule is CCCNC(=O)CN1C(=O)c2ccc(C(=O)O)cc2C1=O. The number of carbonyl (C=O) groups excluding carboxylic acids is 3. The number of fused-ring (bicyclic) bond motifs is 1. The number of nitrogens with zero attached hydrogens (tertiary/aromatic N) is 1. The Morgan fingerprint density at radius 3 is 2.48 bits per heavy atom. The monoisotopic (exact) mass is 290 g/mol. The fourth-order valence-corrected chi connectivity index (χ4v) is 2.03. The van der Waals surface area contributed by atoms with Crippen LogP contribution >= 0.6 is 0 Å². The molecule has 7 heteroatoms. The molecule has 2 N–H and O–H groups in total. The molecule has 0 aromatic heterocycles. The van der Waals surface area contributed by atoms with E-state index in [1.54, 1.807) is 0 Å². The number of carbonyl (C=O) groups is 4. The van der Waals surface area contributed by atoms with E-state index >= 15 is 0 Å². The largest absolute Gasteiger partial charge is 0.478 e. The normalized spacial score (nSPS) is 13.3. The van der Waals surface area contributed by atoms with Gasteiger partial charge in [0.1, 0.15) is 6.54 Å². The van der Waals surface area contributed by atoms with Crippen LogP contribution in [0.15, 0.2) is 18.2 Å². The van der Waals surface area contributed by atoms with Crippen molar-refractivity contribution in [1.82, 2.24) is 10.2 Å². The van der Waals surface area contributed by atoms with Crippen molar-refractivity contribution in [3.8, 4) is 0 Å². The highest BCUT2D eigenvalue weighted by atomic mass is 16.4. The molecule has 1 aromatic rings. The summed E-state index contributed by atoms with van der Waals surface area (Å²) in [5.41, 5.74) is 0.0590. The van der Waals surface area contributed by atoms with E-state index in [9.17, 15) is 19.2 Å². The van der Waals surface area contributed by atoms with Crippen LogP contribution in [0, 0.1) is 0 Å². The lowest BCUT2D eigenvalue weighted by atomic mass is 10.1. The molecule has 0 atom stereocenters. The highest BCUT2D eigenvalue weighted by Gasteiger charge is 2.37. The number of nitrogens with one attached hydrogen (secondary N) is 1. The third-order valence-corrected chi connectivity index (χ3v) is 3.09. The van der Waals surface area contributed by atoms with Gasteiger partial charge in [-0.25, -0.2) is 4.79 Å². The zero-order valence-electron chi connectivity index (χ0n) is 11.4. The van der Waals surface area contributed by atoms with E-state index in [0.29, 0.717) is 6.54 Å². The molecule has 0 saturated carbocycles. The first-order valence-electron chi connectivity index (χ1n) is 6.46. The molecular weight excluding hydrogens is 276 g/mol. The van der Waals surface area contributed by atoms with Crippen molar-refractivity contribution < 1.29 is 24.3 Å². The van der Waals surface area contributed by atoms with Crippen LogP contribution in [0.2, 0.25) is 0 Å². The van der Waals surface area contributed by atoms with Crippen LogP contribution in [0.5, 0.6) is 0 Å². The quantitative estimate of drug-likeness (QED) is 0.769. The molecule has 0 spiro atoms. The number of hydrogen-bond acceptors (Lipinski definition) is 4. The molecule has 0 bridgehead atoms. The Kier molecular flexibility index (Phi) is 4.02. The summed E-state index contributed by atoms with van der Waals surface area (Å²) < 4.78 is 0. The summed E-state index contributed by atoms with van der Waals surface area (Å²) >= 11 is 0. The van der Waals surface area contributed by atoms with Crippen molar-refractivity contribution in [2.24, 2.45) is 0 Å². The topological polar surface area (TPSA) is 104 Å². The molecule has 2 rings (SSSR count). The Morgan fingerprint density at radius 1 is 1.19 bits per heavy atom. The van der Waals surface area contributed by atoms with Gasteiger partial charge in [-0.05, 0) is 24.6 Å². The van der Waals surface area contributed by atoms with Crippen molar-refractivity contribution in [3.63, 3.8) is 0 Å². The summed E-state index contributed by atoms with van der Waals surface area (Å²) in [6, 6.07) is 3.71. The minimum atomic E-state index is -1.18. The standard InChI is InChI=1S/C14H14N2O5/c1-2-5-15-11(17)7-16-12(18)9-4-3-8(14(20)21)6-10(9)13(16)19/h3-4,6H,2,5,7H2,1H3,(H,15,17)(H,20,21). The molecule has 0 fully saturated rings. The summed E-state index contributed by atoms with van der Waals surface area (Å²) in [4.78, 5) is 47.5. The van der Waals surface area contributed by atoms with Crippen LogP contribution in [0.1, 0.15) is 44.4 Å². The first-order valence-corrected chi connectivity index (χ1v) is 6.46.